The first-order valence-electron chi connectivity index (χ1n) is 9.15. The summed E-state index contributed by atoms with van der Waals surface area (Å²) < 4.78 is 15.7. The van der Waals surface area contributed by atoms with Crippen molar-refractivity contribution < 1.29 is 23.8 Å². The molecular weight excluding hydrogens is 360 g/mol. The van der Waals surface area contributed by atoms with Gasteiger partial charge in [-0.2, -0.15) is 0 Å². The van der Waals surface area contributed by atoms with Crippen molar-refractivity contribution in [3.63, 3.8) is 0 Å². The smallest absolute Gasteiger partial charge is 0.339 e. The van der Waals surface area contributed by atoms with Crippen LogP contribution in [0.4, 0.5) is 11.4 Å². The van der Waals surface area contributed by atoms with Crippen LogP contribution in [-0.4, -0.2) is 51.4 Å². The van der Waals surface area contributed by atoms with Crippen LogP contribution >= 0.6 is 0 Å². The second kappa shape index (κ2) is 9.23. The Morgan fingerprint density at radius 2 is 1.82 bits per heavy atom. The van der Waals surface area contributed by atoms with E-state index in [1.54, 1.807) is 24.3 Å². The Labute approximate surface area is 164 Å². The number of nitrogens with one attached hydrogen (secondary N) is 1. The van der Waals surface area contributed by atoms with Gasteiger partial charge in [0.1, 0.15) is 5.75 Å². The van der Waals surface area contributed by atoms with Crippen LogP contribution in [0.2, 0.25) is 0 Å². The molecule has 0 spiro atoms. The number of carbonyl (C=O) groups excluding carboxylic acids is 2. The summed E-state index contributed by atoms with van der Waals surface area (Å²) in [5.41, 5.74) is 2.05. The molecule has 1 fully saturated rings. The number of carbonyl (C=O) groups is 2. The molecule has 1 aliphatic rings. The van der Waals surface area contributed by atoms with Gasteiger partial charge >= 0.3 is 5.97 Å². The zero-order chi connectivity index (χ0) is 19.9. The van der Waals surface area contributed by atoms with Crippen LogP contribution in [0.3, 0.4) is 0 Å². The van der Waals surface area contributed by atoms with Crippen molar-refractivity contribution in [1.82, 2.24) is 0 Å². The third-order valence-electron chi connectivity index (χ3n) is 4.47. The Kier molecular flexibility index (Phi) is 6.49. The lowest BCUT2D eigenvalue weighted by Gasteiger charge is -2.28. The third-order valence-corrected chi connectivity index (χ3v) is 4.47. The minimum atomic E-state index is -0.933. The molecule has 0 aromatic heterocycles. The first-order chi connectivity index (χ1) is 13.6. The minimum absolute atomic E-state index is 0.328. The molecule has 7 nitrogen and oxygen atoms in total. The van der Waals surface area contributed by atoms with E-state index < -0.39 is 18.0 Å². The van der Waals surface area contributed by atoms with Crippen LogP contribution < -0.4 is 15.0 Å². The number of hydrogen-bond donors (Lipinski definition) is 1. The molecule has 1 saturated heterocycles. The second-order valence-electron chi connectivity index (χ2n) is 6.42. The standard InChI is InChI=1S/C21H24N2O5/c1-15(28-21(25)16-4-3-5-19(14-16)26-2)20(24)22-17-6-8-18(9-7-17)23-10-12-27-13-11-23/h3-9,14-15H,10-13H2,1-2H3,(H,22,24). The van der Waals surface area contributed by atoms with Gasteiger partial charge < -0.3 is 24.4 Å². The molecule has 0 radical (unpaired) electrons. The molecule has 1 N–H and O–H groups in total. The molecule has 148 valence electrons. The topological polar surface area (TPSA) is 77.1 Å². The predicted octanol–water partition coefficient (Wildman–Crippen LogP) is 2.72. The summed E-state index contributed by atoms with van der Waals surface area (Å²) in [4.78, 5) is 26.8. The number of nitrogens with zero attached hydrogens (tertiary/aromatic N) is 1. The fraction of sp³-hybridized carbons (Fsp3) is 0.333. The number of benzene rings is 2. The molecular formula is C21H24N2O5. The Balaban J connectivity index is 1.55. The fourth-order valence-electron chi connectivity index (χ4n) is 2.85. The highest BCUT2D eigenvalue weighted by molar-refractivity contribution is 5.97. The summed E-state index contributed by atoms with van der Waals surface area (Å²) >= 11 is 0. The average molecular weight is 384 g/mol. The maximum Gasteiger partial charge on any atom is 0.339 e. The van der Waals surface area contributed by atoms with Gasteiger partial charge in [0.15, 0.2) is 6.10 Å². The van der Waals surface area contributed by atoms with Crippen LogP contribution in [0.5, 0.6) is 5.75 Å². The summed E-state index contributed by atoms with van der Waals surface area (Å²) in [6.07, 6.45) is -0.933. The molecule has 1 heterocycles. The molecule has 1 amide bonds. The highest BCUT2D eigenvalue weighted by atomic mass is 16.5. The lowest BCUT2D eigenvalue weighted by atomic mass is 10.2. The summed E-state index contributed by atoms with van der Waals surface area (Å²) in [6, 6.07) is 14.2. The molecule has 2 aromatic carbocycles. The summed E-state index contributed by atoms with van der Waals surface area (Å²) in [6.45, 7) is 4.67. The minimum Gasteiger partial charge on any atom is -0.497 e. The molecule has 7 heteroatoms. The van der Waals surface area contributed by atoms with Gasteiger partial charge in [0, 0.05) is 24.5 Å². The van der Waals surface area contributed by atoms with Crippen molar-refractivity contribution in [2.75, 3.05) is 43.6 Å². The van der Waals surface area contributed by atoms with E-state index in [-0.39, 0.29) is 0 Å². The molecule has 28 heavy (non-hydrogen) atoms. The van der Waals surface area contributed by atoms with Gasteiger partial charge in [-0.25, -0.2) is 4.79 Å². The number of ether oxygens (including phenoxy) is 3. The Morgan fingerprint density at radius 3 is 2.50 bits per heavy atom. The fourth-order valence-corrected chi connectivity index (χ4v) is 2.85. The molecule has 3 rings (SSSR count). The second-order valence-corrected chi connectivity index (χ2v) is 6.42. The molecule has 2 aromatic rings. The Hall–Kier alpha value is -3.06. The van der Waals surface area contributed by atoms with E-state index >= 15 is 0 Å². The number of morpholine rings is 1. The maximum absolute atomic E-state index is 12.3. The maximum atomic E-state index is 12.3. The van der Waals surface area contributed by atoms with Gasteiger partial charge in [0.2, 0.25) is 0 Å². The highest BCUT2D eigenvalue weighted by Gasteiger charge is 2.19. The molecule has 1 atom stereocenters. The molecule has 0 aliphatic carbocycles. The van der Waals surface area contributed by atoms with Crippen molar-refractivity contribution >= 4 is 23.3 Å². The molecule has 1 aliphatic heterocycles. The Bertz CT molecular complexity index is 816. The zero-order valence-electron chi connectivity index (χ0n) is 16.0. The highest BCUT2D eigenvalue weighted by Crippen LogP contribution is 2.19. The van der Waals surface area contributed by atoms with Gasteiger partial charge in [-0.1, -0.05) is 6.07 Å². The van der Waals surface area contributed by atoms with Gasteiger partial charge in [-0.05, 0) is 49.4 Å². The largest absolute Gasteiger partial charge is 0.497 e. The van der Waals surface area contributed by atoms with E-state index in [0.717, 1.165) is 18.8 Å². The van der Waals surface area contributed by atoms with Gasteiger partial charge in [0.25, 0.3) is 5.91 Å². The van der Waals surface area contributed by atoms with E-state index in [1.807, 2.05) is 24.3 Å². The molecule has 1 unspecified atom stereocenters. The number of esters is 1. The average Bonchev–Trinajstić information content (AvgIpc) is 2.74. The van der Waals surface area contributed by atoms with Crippen molar-refractivity contribution in [1.29, 1.82) is 0 Å². The van der Waals surface area contributed by atoms with Crippen molar-refractivity contribution in [3.05, 3.63) is 54.1 Å². The predicted molar refractivity (Wildman–Crippen MR) is 106 cm³/mol. The Morgan fingerprint density at radius 1 is 1.11 bits per heavy atom. The summed E-state index contributed by atoms with van der Waals surface area (Å²) in [5.74, 6) is -0.425. The van der Waals surface area contributed by atoms with Crippen molar-refractivity contribution in [2.24, 2.45) is 0 Å². The lowest BCUT2D eigenvalue weighted by Crippen LogP contribution is -2.36. The molecule has 0 saturated carbocycles. The van der Waals surface area contributed by atoms with E-state index in [0.29, 0.717) is 30.2 Å². The quantitative estimate of drug-likeness (QED) is 0.772. The SMILES string of the molecule is COc1cccc(C(=O)OC(C)C(=O)Nc2ccc(N3CCOCC3)cc2)c1. The van der Waals surface area contributed by atoms with Crippen LogP contribution in [0, 0.1) is 0 Å². The summed E-state index contributed by atoms with van der Waals surface area (Å²) in [7, 11) is 1.52. The number of amides is 1. The summed E-state index contributed by atoms with van der Waals surface area (Å²) in [5, 5.41) is 2.77. The zero-order valence-corrected chi connectivity index (χ0v) is 16.0. The van der Waals surface area contributed by atoms with E-state index in [9.17, 15) is 9.59 Å². The van der Waals surface area contributed by atoms with Crippen molar-refractivity contribution in [2.45, 2.75) is 13.0 Å². The van der Waals surface area contributed by atoms with Crippen molar-refractivity contribution in [3.8, 4) is 5.75 Å². The van der Waals surface area contributed by atoms with E-state index in [4.69, 9.17) is 14.2 Å². The van der Waals surface area contributed by atoms with Crippen LogP contribution in [-0.2, 0) is 14.3 Å². The number of hydrogen-bond acceptors (Lipinski definition) is 6. The number of rotatable bonds is 6. The van der Waals surface area contributed by atoms with Gasteiger partial charge in [-0.15, -0.1) is 0 Å². The van der Waals surface area contributed by atoms with Gasteiger partial charge in [0.05, 0.1) is 25.9 Å². The number of methoxy groups -OCH3 is 1. The normalized spacial score (nSPS) is 14.9. The first kappa shape index (κ1) is 19.7. The van der Waals surface area contributed by atoms with Crippen LogP contribution in [0.15, 0.2) is 48.5 Å². The van der Waals surface area contributed by atoms with E-state index in [2.05, 4.69) is 10.2 Å². The van der Waals surface area contributed by atoms with Crippen LogP contribution in [0.1, 0.15) is 17.3 Å². The lowest BCUT2D eigenvalue weighted by molar-refractivity contribution is -0.123. The number of anilines is 2. The van der Waals surface area contributed by atoms with Crippen LogP contribution in [0.25, 0.3) is 0 Å². The van der Waals surface area contributed by atoms with Gasteiger partial charge in [-0.3, -0.25) is 4.79 Å². The third kappa shape index (κ3) is 5.01. The van der Waals surface area contributed by atoms with E-state index in [1.165, 1.54) is 14.0 Å². The molecule has 0 bridgehead atoms. The monoisotopic (exact) mass is 384 g/mol. The first-order valence-corrected chi connectivity index (χ1v) is 9.15.